The third-order valence-corrected chi connectivity index (χ3v) is 5.37. The molecule has 1 N–H and O–H groups in total. The molecule has 1 aromatic rings. The minimum Gasteiger partial charge on any atom is -0.480 e. The molecule has 0 aromatic heterocycles. The summed E-state index contributed by atoms with van der Waals surface area (Å²) in [5.74, 6) is -0.180. The molecule has 0 heterocycles. The highest BCUT2D eigenvalue weighted by Gasteiger charge is 2.45. The fraction of sp³-hybridized carbons (Fsp3) is 0.533. The van der Waals surface area contributed by atoms with Crippen LogP contribution >= 0.6 is 11.8 Å². The van der Waals surface area contributed by atoms with Crippen molar-refractivity contribution < 1.29 is 9.90 Å². The lowest BCUT2D eigenvalue weighted by Gasteiger charge is -2.37. The largest absolute Gasteiger partial charge is 0.480 e. The topological polar surface area (TPSA) is 37.3 Å². The predicted molar refractivity (Wildman–Crippen MR) is 75.3 cm³/mol. The second-order valence-electron chi connectivity index (χ2n) is 5.43. The maximum Gasteiger partial charge on any atom is 0.320 e. The lowest BCUT2D eigenvalue weighted by Crippen LogP contribution is -2.41. The van der Waals surface area contributed by atoms with Gasteiger partial charge in [-0.3, -0.25) is 4.79 Å². The molecule has 1 fully saturated rings. The zero-order valence-electron chi connectivity index (χ0n) is 11.2. The van der Waals surface area contributed by atoms with Crippen molar-refractivity contribution in [3.05, 3.63) is 29.3 Å². The molecule has 98 valence electrons. The van der Waals surface area contributed by atoms with E-state index in [4.69, 9.17) is 0 Å². The summed E-state index contributed by atoms with van der Waals surface area (Å²) in [4.78, 5) is 12.5. The smallest absolute Gasteiger partial charge is 0.320 e. The number of benzene rings is 1. The van der Waals surface area contributed by atoms with Gasteiger partial charge >= 0.3 is 5.97 Å². The third-order valence-electron chi connectivity index (χ3n) is 3.74. The monoisotopic (exact) mass is 264 g/mol. The molecule has 0 amide bonds. The summed E-state index contributed by atoms with van der Waals surface area (Å²) in [5, 5.41) is 9.39. The first-order chi connectivity index (χ1) is 8.44. The number of hydrogen-bond acceptors (Lipinski definition) is 2. The quantitative estimate of drug-likeness (QED) is 0.884. The lowest BCUT2D eigenvalue weighted by molar-refractivity contribution is -0.142. The fourth-order valence-corrected chi connectivity index (χ4v) is 3.58. The lowest BCUT2D eigenvalue weighted by atomic mass is 9.84. The van der Waals surface area contributed by atoms with Crippen molar-refractivity contribution in [1.82, 2.24) is 0 Å². The molecule has 0 radical (unpaired) electrons. The molecule has 0 atom stereocenters. The molecule has 0 bridgehead atoms. The third kappa shape index (κ3) is 2.41. The van der Waals surface area contributed by atoms with Crippen molar-refractivity contribution in [2.24, 2.45) is 0 Å². The van der Waals surface area contributed by atoms with Crippen LogP contribution in [0.3, 0.4) is 0 Å². The summed E-state index contributed by atoms with van der Waals surface area (Å²) >= 11 is 1.54. The van der Waals surface area contributed by atoms with Crippen LogP contribution in [-0.2, 0) is 4.79 Å². The maximum absolute atomic E-state index is 11.4. The zero-order valence-corrected chi connectivity index (χ0v) is 12.0. The molecule has 0 saturated heterocycles. The number of carboxylic acid groups (broad SMARTS) is 1. The number of carbonyl (C=O) groups is 1. The van der Waals surface area contributed by atoms with E-state index >= 15 is 0 Å². The Bertz CT molecular complexity index is 462. The molecule has 3 heteroatoms. The van der Waals surface area contributed by atoms with Crippen molar-refractivity contribution in [3.8, 4) is 0 Å². The summed E-state index contributed by atoms with van der Waals surface area (Å²) in [6, 6.07) is 6.40. The number of aliphatic carboxylic acids is 1. The molecule has 0 aliphatic heterocycles. The van der Waals surface area contributed by atoms with Crippen LogP contribution in [0.2, 0.25) is 0 Å². The van der Waals surface area contributed by atoms with E-state index in [2.05, 4.69) is 39.0 Å². The van der Waals surface area contributed by atoms with Crippen molar-refractivity contribution in [3.63, 3.8) is 0 Å². The van der Waals surface area contributed by atoms with E-state index < -0.39 is 10.7 Å². The molecule has 18 heavy (non-hydrogen) atoms. The summed E-state index contributed by atoms with van der Waals surface area (Å²) in [6.45, 7) is 6.38. The normalized spacial score (nSPS) is 17.6. The summed E-state index contributed by atoms with van der Waals surface area (Å²) in [7, 11) is 0. The molecule has 1 aliphatic rings. The number of hydrogen-bond donors (Lipinski definition) is 1. The first kappa shape index (κ1) is 13.5. The van der Waals surface area contributed by atoms with Crippen LogP contribution in [-0.4, -0.2) is 15.8 Å². The highest BCUT2D eigenvalue weighted by molar-refractivity contribution is 8.01. The second-order valence-corrected chi connectivity index (χ2v) is 6.86. The van der Waals surface area contributed by atoms with Gasteiger partial charge in [0.2, 0.25) is 0 Å². The molecule has 1 aliphatic carbocycles. The van der Waals surface area contributed by atoms with Crippen LogP contribution in [0, 0.1) is 6.92 Å². The second kappa shape index (κ2) is 4.96. The van der Waals surface area contributed by atoms with Crippen molar-refractivity contribution >= 4 is 17.7 Å². The molecule has 2 nitrogen and oxygen atoms in total. The number of aryl methyl sites for hydroxylation is 1. The van der Waals surface area contributed by atoms with Crippen LogP contribution in [0.5, 0.6) is 0 Å². The van der Waals surface area contributed by atoms with Crippen LogP contribution < -0.4 is 0 Å². The highest BCUT2D eigenvalue weighted by Crippen LogP contribution is 2.48. The van der Waals surface area contributed by atoms with Gasteiger partial charge in [0.15, 0.2) is 0 Å². The number of rotatable bonds is 4. The van der Waals surface area contributed by atoms with E-state index in [1.54, 1.807) is 11.8 Å². The van der Waals surface area contributed by atoms with Gasteiger partial charge in [-0.2, -0.15) is 0 Å². The fourth-order valence-electron chi connectivity index (χ4n) is 2.15. The molecular formula is C15H20O2S. The van der Waals surface area contributed by atoms with Gasteiger partial charge in [-0.15, -0.1) is 11.8 Å². The first-order valence-electron chi connectivity index (χ1n) is 6.47. The Morgan fingerprint density at radius 1 is 1.39 bits per heavy atom. The Morgan fingerprint density at radius 2 is 2.06 bits per heavy atom. The Hall–Kier alpha value is -0.960. The van der Waals surface area contributed by atoms with Gasteiger partial charge in [-0.25, -0.2) is 0 Å². The van der Waals surface area contributed by atoms with Gasteiger partial charge in [0.05, 0.1) is 0 Å². The van der Waals surface area contributed by atoms with Crippen LogP contribution in [0.4, 0.5) is 0 Å². The Morgan fingerprint density at radius 3 is 2.50 bits per heavy atom. The summed E-state index contributed by atoms with van der Waals surface area (Å²) < 4.78 is -0.569. The van der Waals surface area contributed by atoms with E-state index in [1.807, 2.05) is 0 Å². The van der Waals surface area contributed by atoms with Gasteiger partial charge in [0.25, 0.3) is 0 Å². The van der Waals surface area contributed by atoms with Gasteiger partial charge in [-0.1, -0.05) is 26.0 Å². The number of thioether (sulfide) groups is 1. The van der Waals surface area contributed by atoms with Gasteiger partial charge in [0, 0.05) is 4.90 Å². The first-order valence-corrected chi connectivity index (χ1v) is 7.29. The molecule has 2 rings (SSSR count). The minimum atomic E-state index is -0.659. The van der Waals surface area contributed by atoms with E-state index in [1.165, 1.54) is 11.1 Å². The Kier molecular flexibility index (Phi) is 3.71. The average molecular weight is 264 g/mol. The summed E-state index contributed by atoms with van der Waals surface area (Å²) in [6.07, 6.45) is 2.61. The Labute approximate surface area is 113 Å². The number of carboxylic acids is 1. The highest BCUT2D eigenvalue weighted by atomic mass is 32.2. The SMILES string of the molecule is Cc1ccc(C(C)C)cc1SC1(C(=O)O)CCC1. The summed E-state index contributed by atoms with van der Waals surface area (Å²) in [5.41, 5.74) is 2.46. The zero-order chi connectivity index (χ0) is 13.3. The average Bonchev–Trinajstić information content (AvgIpc) is 2.24. The van der Waals surface area contributed by atoms with Gasteiger partial charge in [0.1, 0.15) is 4.75 Å². The van der Waals surface area contributed by atoms with Gasteiger partial charge < -0.3 is 5.11 Å². The van der Waals surface area contributed by atoms with Crippen LogP contribution in [0.25, 0.3) is 0 Å². The molecule has 1 aromatic carbocycles. The predicted octanol–water partition coefficient (Wildman–Crippen LogP) is 4.22. The van der Waals surface area contributed by atoms with Crippen molar-refractivity contribution in [1.29, 1.82) is 0 Å². The van der Waals surface area contributed by atoms with Crippen molar-refractivity contribution in [2.45, 2.75) is 55.6 Å². The van der Waals surface area contributed by atoms with Crippen LogP contribution in [0.15, 0.2) is 23.1 Å². The van der Waals surface area contributed by atoms with Crippen LogP contribution in [0.1, 0.15) is 50.2 Å². The van der Waals surface area contributed by atoms with E-state index in [-0.39, 0.29) is 0 Å². The minimum absolute atomic E-state index is 0.479. The standard InChI is InChI=1S/C15H20O2S/c1-10(2)12-6-5-11(3)13(9-12)18-15(14(16)17)7-4-8-15/h5-6,9-10H,4,7-8H2,1-3H3,(H,16,17). The van der Waals surface area contributed by atoms with Crippen molar-refractivity contribution in [2.75, 3.05) is 0 Å². The van der Waals surface area contributed by atoms with E-state index in [0.717, 1.165) is 24.2 Å². The molecule has 0 spiro atoms. The van der Waals surface area contributed by atoms with E-state index in [0.29, 0.717) is 5.92 Å². The Balaban J connectivity index is 2.28. The van der Waals surface area contributed by atoms with E-state index in [9.17, 15) is 9.90 Å². The van der Waals surface area contributed by atoms with Gasteiger partial charge in [-0.05, 0) is 49.3 Å². The molecule has 0 unspecified atom stereocenters. The maximum atomic E-state index is 11.4. The molecule has 1 saturated carbocycles. The molecular weight excluding hydrogens is 244 g/mol.